The highest BCUT2D eigenvalue weighted by atomic mass is 35.5. The fourth-order valence-electron chi connectivity index (χ4n) is 7.53. The zero-order valence-corrected chi connectivity index (χ0v) is 39.2. The van der Waals surface area contributed by atoms with E-state index >= 15 is 0 Å². The molecule has 12 nitrogen and oxygen atoms in total. The lowest BCUT2D eigenvalue weighted by atomic mass is 9.94. The number of nitrogens with zero attached hydrogens (tertiary/aromatic N) is 5. The number of methoxy groups -OCH3 is 1. The van der Waals surface area contributed by atoms with Crippen molar-refractivity contribution in [1.29, 1.82) is 0 Å². The van der Waals surface area contributed by atoms with E-state index in [1.54, 1.807) is 49.7 Å². The number of thiophene rings is 1. The van der Waals surface area contributed by atoms with Crippen LogP contribution in [0.3, 0.4) is 0 Å². The first kappa shape index (κ1) is 44.8. The number of sulfonamides is 1. The largest absolute Gasteiger partial charge is 0.496 e. The van der Waals surface area contributed by atoms with Crippen LogP contribution in [0.25, 0.3) is 43.2 Å². The standard InChI is InChI=1S/C47H45ClFN5O7S2Si/c1-28-35-16-13-31(42(28)48)25-54(63(57,58)20-21-64(3,4)5)24-29-10-17-37(60-26-34-18-19-50-44(53-34)36-8-6-7-9-38(36)59-2)32(22-29)23-39(47(55)56)61-45-41-40(35)43(62-46(41)52-27-51-45)30-11-14-33(49)15-12-30/h6-19,22,27,39H,20-21,23-26H2,1-5H3,(H,55,56)/t39-/m1/s1. The molecular formula is C47H45ClFN5O7S2Si. The Balaban J connectivity index is 1.27. The molecule has 330 valence electrons. The molecule has 5 heterocycles. The molecule has 1 N–H and O–H groups in total. The summed E-state index contributed by atoms with van der Waals surface area (Å²) in [5.41, 5.74) is 5.54. The molecular weight excluding hydrogens is 893 g/mol. The number of para-hydroxylation sites is 1. The minimum atomic E-state index is -3.85. The Bertz CT molecular complexity index is 3000. The Hall–Kier alpha value is -5.78. The molecule has 0 radical (unpaired) electrons. The maximum atomic E-state index is 14.4. The SMILES string of the molecule is COc1ccccc1-c1nccc(COc2ccc3cc2C[C@H](C(=O)O)Oc2ncnc4sc(-c5ccc(F)cc5)c(c24)-c2ccc(c(Cl)c2C)CN(S(=O)(=O)CC[Si](C)(C)C)C3)n1. The fraction of sp³-hybridized carbons (Fsp3) is 0.255. The highest BCUT2D eigenvalue weighted by Gasteiger charge is 2.31. The van der Waals surface area contributed by atoms with Crippen molar-refractivity contribution < 1.29 is 36.9 Å². The van der Waals surface area contributed by atoms with Crippen LogP contribution in [0.2, 0.25) is 30.7 Å². The second-order valence-corrected chi connectivity index (χ2v) is 25.8. The van der Waals surface area contributed by atoms with Crippen molar-refractivity contribution in [3.63, 3.8) is 0 Å². The minimum Gasteiger partial charge on any atom is -0.496 e. The number of halogens is 2. The molecule has 0 saturated carbocycles. The second kappa shape index (κ2) is 18.4. The van der Waals surface area contributed by atoms with E-state index in [0.29, 0.717) is 93.7 Å². The van der Waals surface area contributed by atoms with E-state index < -0.39 is 36.0 Å². The van der Waals surface area contributed by atoms with Crippen LogP contribution in [0.4, 0.5) is 4.39 Å². The summed E-state index contributed by atoms with van der Waals surface area (Å²) in [5, 5.41) is 11.6. The van der Waals surface area contributed by atoms with Crippen LogP contribution in [0.1, 0.15) is 27.9 Å². The molecule has 4 aromatic carbocycles. The van der Waals surface area contributed by atoms with Gasteiger partial charge >= 0.3 is 5.97 Å². The number of rotatable bonds is 11. The van der Waals surface area contributed by atoms with Gasteiger partial charge < -0.3 is 19.3 Å². The van der Waals surface area contributed by atoms with Gasteiger partial charge in [-0.2, -0.15) is 4.31 Å². The van der Waals surface area contributed by atoms with Crippen molar-refractivity contribution in [2.75, 3.05) is 12.9 Å². The third-order valence-electron chi connectivity index (χ3n) is 11.0. The van der Waals surface area contributed by atoms with Crippen molar-refractivity contribution in [3.8, 4) is 50.3 Å². The molecule has 0 unspecified atom stereocenters. The number of ether oxygens (including phenoxy) is 3. The summed E-state index contributed by atoms with van der Waals surface area (Å²) in [7, 11) is -4.05. The van der Waals surface area contributed by atoms with Crippen molar-refractivity contribution in [1.82, 2.24) is 24.2 Å². The van der Waals surface area contributed by atoms with Crippen molar-refractivity contribution >= 4 is 57.2 Å². The van der Waals surface area contributed by atoms with Crippen LogP contribution in [-0.4, -0.2) is 70.8 Å². The number of hydrogen-bond acceptors (Lipinski definition) is 11. The van der Waals surface area contributed by atoms with E-state index in [1.807, 2.05) is 43.3 Å². The van der Waals surface area contributed by atoms with Gasteiger partial charge in [-0.1, -0.05) is 79.8 Å². The van der Waals surface area contributed by atoms with Gasteiger partial charge in [0, 0.05) is 49.2 Å². The zero-order chi connectivity index (χ0) is 45.3. The average molecular weight is 939 g/mol. The molecule has 0 saturated heterocycles. The van der Waals surface area contributed by atoms with E-state index in [2.05, 4.69) is 34.6 Å². The van der Waals surface area contributed by atoms with Crippen LogP contribution in [-0.2, 0) is 40.9 Å². The quantitative estimate of drug-likeness (QED) is 0.123. The van der Waals surface area contributed by atoms with Crippen LogP contribution in [0.15, 0.2) is 97.5 Å². The Morgan fingerprint density at radius 3 is 2.50 bits per heavy atom. The highest BCUT2D eigenvalue weighted by molar-refractivity contribution is 7.89. The number of hydrogen-bond donors (Lipinski definition) is 1. The number of carbonyl (C=O) groups is 1. The summed E-state index contributed by atoms with van der Waals surface area (Å²) in [6, 6.07) is 24.7. The number of carboxylic acid groups (broad SMARTS) is 1. The first-order valence-corrected chi connectivity index (χ1v) is 27.0. The molecule has 64 heavy (non-hydrogen) atoms. The summed E-state index contributed by atoms with van der Waals surface area (Å²) >= 11 is 8.56. The van der Waals surface area contributed by atoms with Gasteiger partial charge in [0.25, 0.3) is 0 Å². The Kier molecular flexibility index (Phi) is 12.9. The maximum Gasteiger partial charge on any atom is 0.345 e. The lowest BCUT2D eigenvalue weighted by molar-refractivity contribution is -0.145. The fourth-order valence-corrected chi connectivity index (χ4v) is 13.3. The number of carboxylic acids is 1. The summed E-state index contributed by atoms with van der Waals surface area (Å²) in [6.45, 7) is 8.20. The lowest BCUT2D eigenvalue weighted by Crippen LogP contribution is -2.35. The van der Waals surface area contributed by atoms with Crippen LogP contribution in [0.5, 0.6) is 17.4 Å². The molecule has 0 fully saturated rings. The van der Waals surface area contributed by atoms with Crippen LogP contribution < -0.4 is 14.2 Å². The predicted molar refractivity (Wildman–Crippen MR) is 250 cm³/mol. The van der Waals surface area contributed by atoms with Gasteiger partial charge in [0.15, 0.2) is 5.82 Å². The molecule has 9 rings (SSSR count). The van der Waals surface area contributed by atoms with E-state index in [4.69, 9.17) is 30.8 Å². The van der Waals surface area contributed by atoms with E-state index in [0.717, 1.165) is 0 Å². The molecule has 0 aliphatic carbocycles. The van der Waals surface area contributed by atoms with Crippen molar-refractivity contribution in [2.45, 2.75) is 64.8 Å². The average Bonchev–Trinajstić information content (AvgIpc) is 3.66. The first-order chi connectivity index (χ1) is 30.6. The number of aliphatic carboxylic acids is 1. The van der Waals surface area contributed by atoms with Crippen LogP contribution >= 0.6 is 22.9 Å². The zero-order valence-electron chi connectivity index (χ0n) is 35.8. The Labute approximate surface area is 380 Å². The normalized spacial score (nSPS) is 14.6. The van der Waals surface area contributed by atoms with Gasteiger partial charge in [0.1, 0.15) is 35.1 Å². The minimum absolute atomic E-state index is 0.00276. The third-order valence-corrected chi connectivity index (χ3v) is 16.6. The van der Waals surface area contributed by atoms with Gasteiger partial charge in [-0.3, -0.25) is 0 Å². The van der Waals surface area contributed by atoms with Gasteiger partial charge in [-0.05, 0) is 82.7 Å². The first-order valence-electron chi connectivity index (χ1n) is 20.5. The molecule has 0 amide bonds. The maximum absolute atomic E-state index is 14.4. The smallest absolute Gasteiger partial charge is 0.345 e. The van der Waals surface area contributed by atoms with Crippen molar-refractivity contribution in [2.24, 2.45) is 0 Å². The Morgan fingerprint density at radius 1 is 0.969 bits per heavy atom. The lowest BCUT2D eigenvalue weighted by Gasteiger charge is -2.26. The van der Waals surface area contributed by atoms with E-state index in [-0.39, 0.29) is 37.8 Å². The Morgan fingerprint density at radius 2 is 1.75 bits per heavy atom. The molecule has 2 aliphatic heterocycles. The summed E-state index contributed by atoms with van der Waals surface area (Å²) in [6.07, 6.45) is 1.26. The molecule has 3 aromatic heterocycles. The third kappa shape index (κ3) is 9.66. The van der Waals surface area contributed by atoms with E-state index in [9.17, 15) is 22.7 Å². The monoisotopic (exact) mass is 937 g/mol. The molecule has 1 atom stereocenters. The van der Waals surface area contributed by atoms with Gasteiger partial charge in [-0.25, -0.2) is 37.5 Å². The highest BCUT2D eigenvalue weighted by Crippen LogP contribution is 2.49. The number of fused-ring (bicyclic) bond motifs is 6. The number of benzene rings is 4. The molecule has 2 aliphatic rings. The van der Waals surface area contributed by atoms with E-state index in [1.165, 1.54) is 34.1 Å². The van der Waals surface area contributed by atoms with Gasteiger partial charge in [0.05, 0.1) is 29.5 Å². The van der Waals surface area contributed by atoms with Gasteiger partial charge in [-0.15, -0.1) is 11.3 Å². The summed E-state index contributed by atoms with van der Waals surface area (Å²) in [4.78, 5) is 32.7. The topological polar surface area (TPSA) is 154 Å². The summed E-state index contributed by atoms with van der Waals surface area (Å²) in [5.74, 6) is -0.285. The second-order valence-electron chi connectivity index (χ2n) is 16.7. The van der Waals surface area contributed by atoms with Gasteiger partial charge in [0.2, 0.25) is 22.0 Å². The molecule has 0 spiro atoms. The molecule has 4 bridgehead atoms. The number of aromatic nitrogens is 4. The predicted octanol–water partition coefficient (Wildman–Crippen LogP) is 10.2. The molecule has 7 aromatic rings. The molecule has 17 heteroatoms. The van der Waals surface area contributed by atoms with Crippen molar-refractivity contribution in [3.05, 3.63) is 136 Å². The summed E-state index contributed by atoms with van der Waals surface area (Å²) < 4.78 is 62.8. The van der Waals surface area contributed by atoms with Crippen LogP contribution in [0, 0.1) is 12.7 Å².